The van der Waals surface area contributed by atoms with Crippen LogP contribution in [0.2, 0.25) is 0 Å². The minimum absolute atomic E-state index is 0.216. The van der Waals surface area contributed by atoms with Gasteiger partial charge in [0.1, 0.15) is 12.1 Å². The van der Waals surface area contributed by atoms with Crippen LogP contribution in [0.15, 0.2) is 30.3 Å². The summed E-state index contributed by atoms with van der Waals surface area (Å²) in [7, 11) is 0. The van der Waals surface area contributed by atoms with E-state index in [-0.39, 0.29) is 13.0 Å². The molecule has 0 radical (unpaired) electrons. The second-order valence-electron chi connectivity index (χ2n) is 7.08. The molecule has 0 bridgehead atoms. The number of aliphatic carboxylic acids is 1. The Kier molecular flexibility index (Phi) is 14.9. The van der Waals surface area contributed by atoms with Crippen LogP contribution in [0.1, 0.15) is 25.8 Å². The molecule has 1 rings (SSSR count). The number of primary amides is 1. The molecule has 0 fully saturated rings. The van der Waals surface area contributed by atoms with Crippen LogP contribution in [0.5, 0.6) is 0 Å². The lowest BCUT2D eigenvalue weighted by Crippen LogP contribution is -2.55. The zero-order valence-electron chi connectivity index (χ0n) is 19.0. The van der Waals surface area contributed by atoms with Crippen molar-refractivity contribution in [1.82, 2.24) is 16.0 Å². The van der Waals surface area contributed by atoms with Crippen LogP contribution in [0, 0.1) is 0 Å². The third kappa shape index (κ3) is 14.5. The summed E-state index contributed by atoms with van der Waals surface area (Å²) in [4.78, 5) is 57.2. The van der Waals surface area contributed by atoms with Gasteiger partial charge < -0.3 is 32.5 Å². The number of carbonyl (C=O) groups is 5. The molecule has 0 unspecified atom stereocenters. The lowest BCUT2D eigenvalue weighted by Gasteiger charge is -2.22. The number of rotatable bonds is 12. The van der Waals surface area contributed by atoms with Crippen LogP contribution < -0.4 is 27.4 Å². The molecule has 0 saturated heterocycles. The minimum Gasteiger partial charge on any atom is -0.481 e. The molecule has 3 atom stereocenters. The fourth-order valence-corrected chi connectivity index (χ4v) is 2.90. The quantitative estimate of drug-likeness (QED) is 0.218. The number of carbonyl (C=O) groups excluding carboxylic acids is 4. The van der Waals surface area contributed by atoms with E-state index in [1.165, 1.54) is 18.7 Å². The molecule has 0 aliphatic rings. The van der Waals surface area contributed by atoms with Gasteiger partial charge in [0, 0.05) is 13.3 Å². The molecule has 11 nitrogen and oxygen atoms in total. The Hall–Kier alpha value is -3.12. The number of carboxylic acids is 1. The van der Waals surface area contributed by atoms with Crippen molar-refractivity contribution in [3.05, 3.63) is 35.9 Å². The normalized spacial score (nSPS) is 12.7. The smallest absolute Gasteiger partial charge is 0.300 e. The summed E-state index contributed by atoms with van der Waals surface area (Å²) < 4.78 is 0. The lowest BCUT2D eigenvalue weighted by atomic mass is 10.0. The highest BCUT2D eigenvalue weighted by atomic mass is 32.2. The molecule has 0 aliphatic heterocycles. The van der Waals surface area contributed by atoms with Crippen molar-refractivity contribution in [2.75, 3.05) is 18.6 Å². The molecule has 0 spiro atoms. The molecule has 184 valence electrons. The van der Waals surface area contributed by atoms with Crippen molar-refractivity contribution >= 4 is 41.4 Å². The van der Waals surface area contributed by atoms with Gasteiger partial charge in [-0.15, -0.1) is 0 Å². The Bertz CT molecular complexity index is 787. The maximum Gasteiger partial charge on any atom is 0.300 e. The lowest BCUT2D eigenvalue weighted by molar-refractivity contribution is -0.134. The zero-order chi connectivity index (χ0) is 25.4. The van der Waals surface area contributed by atoms with Gasteiger partial charge in [0.25, 0.3) is 5.97 Å². The number of nitrogens with two attached hydrogens (primary N) is 2. The van der Waals surface area contributed by atoms with Crippen molar-refractivity contribution in [2.24, 2.45) is 11.5 Å². The van der Waals surface area contributed by atoms with Gasteiger partial charge in [0.05, 0.1) is 12.6 Å². The highest BCUT2D eigenvalue weighted by molar-refractivity contribution is 7.98. The van der Waals surface area contributed by atoms with E-state index in [1.807, 2.05) is 36.6 Å². The number of carboxylic acid groups (broad SMARTS) is 1. The van der Waals surface area contributed by atoms with E-state index >= 15 is 0 Å². The molecule has 1 aromatic carbocycles. The van der Waals surface area contributed by atoms with Crippen LogP contribution in [-0.2, 0) is 30.4 Å². The van der Waals surface area contributed by atoms with Crippen LogP contribution >= 0.6 is 11.8 Å². The van der Waals surface area contributed by atoms with E-state index in [4.69, 9.17) is 21.4 Å². The average Bonchev–Trinajstić information content (AvgIpc) is 2.74. The Balaban J connectivity index is 0.00000235. The molecular formula is C21H33N5O6S. The summed E-state index contributed by atoms with van der Waals surface area (Å²) in [5.74, 6) is -2.37. The molecule has 12 heteroatoms. The average molecular weight is 484 g/mol. The van der Waals surface area contributed by atoms with Gasteiger partial charge in [-0.2, -0.15) is 11.8 Å². The van der Waals surface area contributed by atoms with Crippen molar-refractivity contribution in [2.45, 2.75) is 44.8 Å². The number of nitrogens with one attached hydrogen (secondary N) is 3. The standard InChI is InChI=1S/C19H29N5O4S.C2H4O2/c1-12(20)18(27)22-11-16(25)23-15(10-13-6-4-3-5-7-13)19(28)24-14(17(21)26)8-9-29-2;1-2(3)4/h3-7,12,14-15H,8-11,20H2,1-2H3,(H2,21,26)(H,22,27)(H,23,25)(H,24,28);1H3,(H,3,4)/t12-,14+,15+;/m1./s1. The number of hydrogen-bond acceptors (Lipinski definition) is 7. The van der Waals surface area contributed by atoms with Gasteiger partial charge >= 0.3 is 0 Å². The van der Waals surface area contributed by atoms with Crippen LogP contribution in [0.4, 0.5) is 0 Å². The topological polar surface area (TPSA) is 194 Å². The number of thioether (sulfide) groups is 1. The zero-order valence-corrected chi connectivity index (χ0v) is 19.8. The third-order valence-electron chi connectivity index (χ3n) is 4.04. The van der Waals surface area contributed by atoms with E-state index in [1.54, 1.807) is 0 Å². The Morgan fingerprint density at radius 2 is 1.61 bits per heavy atom. The highest BCUT2D eigenvalue weighted by Crippen LogP contribution is 2.06. The predicted octanol–water partition coefficient (Wildman–Crippen LogP) is -1.01. The van der Waals surface area contributed by atoms with Gasteiger partial charge in [-0.25, -0.2) is 0 Å². The van der Waals surface area contributed by atoms with Gasteiger partial charge in [-0.05, 0) is 30.9 Å². The molecule has 0 aromatic heterocycles. The van der Waals surface area contributed by atoms with Crippen molar-refractivity contribution in [3.63, 3.8) is 0 Å². The van der Waals surface area contributed by atoms with E-state index in [0.717, 1.165) is 12.5 Å². The van der Waals surface area contributed by atoms with Gasteiger partial charge in [0.15, 0.2) is 0 Å². The largest absolute Gasteiger partial charge is 0.481 e. The van der Waals surface area contributed by atoms with E-state index in [2.05, 4.69) is 16.0 Å². The number of hydrogen-bond donors (Lipinski definition) is 6. The summed E-state index contributed by atoms with van der Waals surface area (Å²) in [6.07, 6.45) is 2.49. The minimum atomic E-state index is -0.937. The molecule has 33 heavy (non-hydrogen) atoms. The van der Waals surface area contributed by atoms with Crippen LogP contribution in [0.25, 0.3) is 0 Å². The number of benzene rings is 1. The molecule has 8 N–H and O–H groups in total. The first-order chi connectivity index (χ1) is 15.5. The van der Waals surface area contributed by atoms with Gasteiger partial charge in [0.2, 0.25) is 23.6 Å². The molecule has 1 aromatic rings. The fraction of sp³-hybridized carbons (Fsp3) is 0.476. The summed E-state index contributed by atoms with van der Waals surface area (Å²) in [5.41, 5.74) is 11.6. The van der Waals surface area contributed by atoms with Crippen molar-refractivity contribution in [3.8, 4) is 0 Å². The summed E-state index contributed by atoms with van der Waals surface area (Å²) in [6, 6.07) is 6.61. The molecule has 0 aliphatic carbocycles. The maximum absolute atomic E-state index is 12.8. The summed E-state index contributed by atoms with van der Waals surface area (Å²) in [5, 5.41) is 15.0. The Labute approximate surface area is 197 Å². The second-order valence-corrected chi connectivity index (χ2v) is 8.07. The summed E-state index contributed by atoms with van der Waals surface area (Å²) >= 11 is 1.53. The SMILES string of the molecule is CC(=O)O.CSCC[C@H](NC(=O)[C@H](Cc1ccccc1)NC(=O)CNC(=O)[C@@H](C)N)C(N)=O. The third-order valence-corrected chi connectivity index (χ3v) is 4.69. The van der Waals surface area contributed by atoms with E-state index < -0.39 is 47.7 Å². The second kappa shape index (κ2) is 16.5. The molecule has 0 saturated carbocycles. The monoisotopic (exact) mass is 483 g/mol. The van der Waals surface area contributed by atoms with Crippen LogP contribution in [-0.4, -0.2) is 71.4 Å². The van der Waals surface area contributed by atoms with Gasteiger partial charge in [-0.3, -0.25) is 24.0 Å². The van der Waals surface area contributed by atoms with Crippen molar-refractivity contribution < 1.29 is 29.1 Å². The Morgan fingerprint density at radius 1 is 1.03 bits per heavy atom. The first kappa shape index (κ1) is 29.9. The Morgan fingerprint density at radius 3 is 2.09 bits per heavy atom. The summed E-state index contributed by atoms with van der Waals surface area (Å²) in [6.45, 7) is 2.27. The maximum atomic E-state index is 12.8. The molecule has 4 amide bonds. The van der Waals surface area contributed by atoms with E-state index in [9.17, 15) is 19.2 Å². The molecular weight excluding hydrogens is 450 g/mol. The molecule has 0 heterocycles. The fourth-order valence-electron chi connectivity index (χ4n) is 2.43. The van der Waals surface area contributed by atoms with E-state index in [0.29, 0.717) is 12.2 Å². The first-order valence-electron chi connectivity index (χ1n) is 10.1. The predicted molar refractivity (Wildman–Crippen MR) is 126 cm³/mol. The van der Waals surface area contributed by atoms with Crippen molar-refractivity contribution in [1.29, 1.82) is 0 Å². The highest BCUT2D eigenvalue weighted by Gasteiger charge is 2.26. The van der Waals surface area contributed by atoms with Gasteiger partial charge in [-0.1, -0.05) is 30.3 Å². The first-order valence-corrected chi connectivity index (χ1v) is 11.5. The van der Waals surface area contributed by atoms with Crippen LogP contribution in [0.3, 0.4) is 0 Å². The number of amides is 4.